The van der Waals surface area contributed by atoms with Crippen molar-refractivity contribution in [1.82, 2.24) is 19.7 Å². The number of halogens is 2. The molecule has 35 heavy (non-hydrogen) atoms. The van der Waals surface area contributed by atoms with Crippen molar-refractivity contribution in [3.8, 4) is 0 Å². The van der Waals surface area contributed by atoms with Crippen molar-refractivity contribution in [2.24, 2.45) is 7.05 Å². The molecule has 1 aliphatic rings. The van der Waals surface area contributed by atoms with Crippen molar-refractivity contribution in [3.63, 3.8) is 0 Å². The molecule has 0 saturated carbocycles. The summed E-state index contributed by atoms with van der Waals surface area (Å²) < 4.78 is 15.0. The van der Waals surface area contributed by atoms with Crippen LogP contribution in [0.3, 0.4) is 0 Å². The Morgan fingerprint density at radius 3 is 2.40 bits per heavy atom. The number of nitrogens with one attached hydrogen (secondary N) is 1. The molecule has 1 aliphatic heterocycles. The van der Waals surface area contributed by atoms with Gasteiger partial charge in [-0.3, -0.25) is 19.3 Å². The van der Waals surface area contributed by atoms with Crippen molar-refractivity contribution < 1.29 is 18.8 Å². The molecule has 4 rings (SSSR count). The Labute approximate surface area is 208 Å². The van der Waals surface area contributed by atoms with E-state index >= 15 is 0 Å². The summed E-state index contributed by atoms with van der Waals surface area (Å²) in [6.45, 7) is 5.84. The average Bonchev–Trinajstić information content (AvgIpc) is 3.15. The number of Topliss-reactive ketones (excluding diaryl/α,β-unsaturated/α-hetero) is 1. The van der Waals surface area contributed by atoms with Crippen LogP contribution in [0.15, 0.2) is 42.6 Å². The molecule has 0 spiro atoms. The normalized spacial score (nSPS) is 18.6. The maximum Gasteiger partial charge on any atom is 0.292 e. The Morgan fingerprint density at radius 1 is 1.06 bits per heavy atom. The molecule has 0 bridgehead atoms. The number of aryl methyl sites for hydroxylation is 1. The van der Waals surface area contributed by atoms with Gasteiger partial charge in [-0.25, -0.2) is 4.39 Å². The van der Waals surface area contributed by atoms with Gasteiger partial charge in [-0.05, 0) is 43.7 Å². The number of benzene rings is 2. The number of rotatable bonds is 5. The Hall–Kier alpha value is -3.23. The number of ketones is 1. The highest BCUT2D eigenvalue weighted by atomic mass is 35.5. The van der Waals surface area contributed by atoms with E-state index in [2.05, 4.69) is 17.1 Å². The third kappa shape index (κ3) is 4.81. The molecule has 1 aromatic heterocycles. The minimum atomic E-state index is -0.722. The van der Waals surface area contributed by atoms with E-state index in [1.807, 2.05) is 6.92 Å². The molecular weight excluding hydrogens is 471 g/mol. The number of amides is 2. The van der Waals surface area contributed by atoms with E-state index in [-0.39, 0.29) is 34.4 Å². The van der Waals surface area contributed by atoms with Crippen molar-refractivity contribution in [2.75, 3.05) is 20.1 Å². The fourth-order valence-electron chi connectivity index (χ4n) is 4.66. The molecule has 2 aromatic carbocycles. The van der Waals surface area contributed by atoms with Gasteiger partial charge in [0.05, 0.1) is 21.7 Å². The van der Waals surface area contributed by atoms with E-state index in [9.17, 15) is 18.8 Å². The Bertz CT molecular complexity index is 1300. The first kappa shape index (κ1) is 24.9. The predicted molar refractivity (Wildman–Crippen MR) is 133 cm³/mol. The number of hydrogen-bond donors (Lipinski definition) is 1. The monoisotopic (exact) mass is 498 g/mol. The maximum atomic E-state index is 13.6. The summed E-state index contributed by atoms with van der Waals surface area (Å²) in [7, 11) is 3.15. The van der Waals surface area contributed by atoms with Crippen molar-refractivity contribution in [2.45, 2.75) is 32.5 Å². The second-order valence-corrected chi connectivity index (χ2v) is 9.53. The van der Waals surface area contributed by atoms with Crippen LogP contribution < -0.4 is 5.32 Å². The lowest BCUT2D eigenvalue weighted by atomic mass is 10.0. The van der Waals surface area contributed by atoms with E-state index in [0.717, 1.165) is 5.56 Å². The van der Waals surface area contributed by atoms with Crippen LogP contribution in [0, 0.1) is 5.82 Å². The molecule has 184 valence electrons. The first-order valence-electron chi connectivity index (χ1n) is 11.4. The number of likely N-dealkylation sites (N-methyl/N-ethyl adjacent to an activating group) is 1. The van der Waals surface area contributed by atoms with E-state index in [1.54, 1.807) is 47.0 Å². The van der Waals surface area contributed by atoms with Gasteiger partial charge in [-0.15, -0.1) is 0 Å². The second kappa shape index (κ2) is 9.79. The van der Waals surface area contributed by atoms with Crippen LogP contribution >= 0.6 is 11.6 Å². The molecule has 1 saturated heterocycles. The zero-order valence-corrected chi connectivity index (χ0v) is 20.9. The van der Waals surface area contributed by atoms with Gasteiger partial charge < -0.3 is 14.8 Å². The quantitative estimate of drug-likeness (QED) is 0.430. The lowest BCUT2D eigenvalue weighted by Crippen LogP contribution is -2.57. The number of piperazine rings is 1. The van der Waals surface area contributed by atoms with Crippen LogP contribution in [-0.2, 0) is 18.4 Å². The van der Waals surface area contributed by atoms with Crippen LogP contribution in [0.2, 0.25) is 5.02 Å². The van der Waals surface area contributed by atoms with Gasteiger partial charge in [0.1, 0.15) is 5.82 Å². The van der Waals surface area contributed by atoms with Crippen LogP contribution in [0.25, 0.3) is 10.9 Å². The molecular formula is C26H28ClFN4O3. The number of carbonyl (C=O) groups is 3. The summed E-state index contributed by atoms with van der Waals surface area (Å²) in [5.41, 5.74) is 2.18. The van der Waals surface area contributed by atoms with Crippen LogP contribution in [-0.4, -0.2) is 64.2 Å². The molecule has 7 nitrogen and oxygen atoms in total. The summed E-state index contributed by atoms with van der Waals surface area (Å²) in [4.78, 5) is 42.2. The lowest BCUT2D eigenvalue weighted by molar-refractivity contribution is -0.116. The fraction of sp³-hybridized carbons (Fsp3) is 0.346. The minimum absolute atomic E-state index is 0.0739. The molecule has 3 aromatic rings. The van der Waals surface area contributed by atoms with E-state index in [1.165, 1.54) is 19.2 Å². The third-order valence-electron chi connectivity index (χ3n) is 6.66. The van der Waals surface area contributed by atoms with Crippen LogP contribution in [0.5, 0.6) is 0 Å². The first-order chi connectivity index (χ1) is 16.6. The number of hydrogen-bond acceptors (Lipinski definition) is 4. The molecule has 1 N–H and O–H groups in total. The molecule has 2 amide bonds. The SMILES string of the molecule is CNC(=O)C(=O)c1cn(C)c2cc(Cl)c(C(=O)N3CC(C)N(Cc4ccc(F)cc4)CC3C)cc12. The van der Waals surface area contributed by atoms with Gasteiger partial charge in [0.15, 0.2) is 0 Å². The largest absolute Gasteiger partial charge is 0.352 e. The van der Waals surface area contributed by atoms with E-state index in [4.69, 9.17) is 11.6 Å². The number of carbonyl (C=O) groups excluding carboxylic acids is 3. The van der Waals surface area contributed by atoms with Crippen molar-refractivity contribution >= 4 is 40.1 Å². The Morgan fingerprint density at radius 2 is 1.74 bits per heavy atom. The number of fused-ring (bicyclic) bond motifs is 1. The zero-order chi connectivity index (χ0) is 25.4. The van der Waals surface area contributed by atoms with Crippen LogP contribution in [0.4, 0.5) is 4.39 Å². The summed E-state index contributed by atoms with van der Waals surface area (Å²) >= 11 is 6.53. The Balaban J connectivity index is 1.60. The Kier molecular flexibility index (Phi) is 6.96. The molecule has 9 heteroatoms. The smallest absolute Gasteiger partial charge is 0.292 e. The standard InChI is InChI=1S/C26H28ClFN4O3/c1-15-12-32(16(2)11-31(15)13-17-5-7-18(28)8-6-17)26(35)20-9-19-21(24(33)25(34)29-3)14-30(4)23(19)10-22(20)27/h5-10,14-16H,11-13H2,1-4H3,(H,29,34). The predicted octanol–water partition coefficient (Wildman–Crippen LogP) is 3.63. The van der Waals surface area contributed by atoms with Crippen molar-refractivity contribution in [1.29, 1.82) is 0 Å². The summed E-state index contributed by atoms with van der Waals surface area (Å²) in [5, 5.41) is 3.14. The van der Waals surface area contributed by atoms with Gasteiger partial charge in [-0.1, -0.05) is 23.7 Å². The van der Waals surface area contributed by atoms with Gasteiger partial charge >= 0.3 is 0 Å². The van der Waals surface area contributed by atoms with Crippen molar-refractivity contribution in [3.05, 3.63) is 70.1 Å². The zero-order valence-electron chi connectivity index (χ0n) is 20.1. The molecule has 0 aliphatic carbocycles. The van der Waals surface area contributed by atoms with E-state index in [0.29, 0.717) is 36.1 Å². The summed E-state index contributed by atoms with van der Waals surface area (Å²) in [6.07, 6.45) is 1.58. The summed E-state index contributed by atoms with van der Waals surface area (Å²) in [5.74, 6) is -1.88. The third-order valence-corrected chi connectivity index (χ3v) is 6.97. The number of nitrogens with zero attached hydrogens (tertiary/aromatic N) is 3. The highest BCUT2D eigenvalue weighted by Gasteiger charge is 2.33. The lowest BCUT2D eigenvalue weighted by Gasteiger charge is -2.44. The molecule has 2 heterocycles. The maximum absolute atomic E-state index is 13.6. The highest BCUT2D eigenvalue weighted by Crippen LogP contribution is 2.30. The van der Waals surface area contributed by atoms with Crippen LogP contribution in [0.1, 0.15) is 40.1 Å². The van der Waals surface area contributed by atoms with E-state index < -0.39 is 11.7 Å². The number of aromatic nitrogens is 1. The second-order valence-electron chi connectivity index (χ2n) is 9.12. The first-order valence-corrected chi connectivity index (χ1v) is 11.8. The average molecular weight is 499 g/mol. The fourth-order valence-corrected chi connectivity index (χ4v) is 4.90. The molecule has 2 atom stereocenters. The molecule has 2 unspecified atom stereocenters. The topological polar surface area (TPSA) is 74.6 Å². The van der Waals surface area contributed by atoms with Gasteiger partial charge in [-0.2, -0.15) is 0 Å². The van der Waals surface area contributed by atoms with Gasteiger partial charge in [0.25, 0.3) is 17.6 Å². The van der Waals surface area contributed by atoms with Gasteiger partial charge in [0, 0.05) is 57.4 Å². The molecule has 1 fully saturated rings. The summed E-state index contributed by atoms with van der Waals surface area (Å²) in [6, 6.07) is 9.70. The van der Waals surface area contributed by atoms with Gasteiger partial charge in [0.2, 0.25) is 0 Å². The minimum Gasteiger partial charge on any atom is -0.352 e. The highest BCUT2D eigenvalue weighted by molar-refractivity contribution is 6.45. The molecule has 0 radical (unpaired) electrons.